The first-order valence-corrected chi connectivity index (χ1v) is 11.6. The predicted octanol–water partition coefficient (Wildman–Crippen LogP) is 2.92. The van der Waals surface area contributed by atoms with Gasteiger partial charge in [0, 0.05) is 27.9 Å². The molecule has 4 atom stereocenters. The van der Waals surface area contributed by atoms with E-state index in [1.54, 1.807) is 23.9 Å². The van der Waals surface area contributed by atoms with Gasteiger partial charge in [-0.25, -0.2) is 0 Å². The van der Waals surface area contributed by atoms with Gasteiger partial charge in [-0.05, 0) is 63.8 Å². The van der Waals surface area contributed by atoms with E-state index < -0.39 is 22.9 Å². The highest BCUT2D eigenvalue weighted by Gasteiger charge is 2.71. The van der Waals surface area contributed by atoms with E-state index in [1.165, 1.54) is 4.90 Å². The Labute approximate surface area is 180 Å². The lowest BCUT2D eigenvalue weighted by atomic mass is 9.76. The number of hydrogen-bond donors (Lipinski definition) is 2. The average Bonchev–Trinajstić information content (AvgIpc) is 3.19. The molecule has 0 aromatic heterocycles. The van der Waals surface area contributed by atoms with E-state index in [2.05, 4.69) is 10.6 Å². The van der Waals surface area contributed by atoms with Crippen molar-refractivity contribution >= 4 is 46.8 Å². The minimum absolute atomic E-state index is 0.192. The molecule has 1 spiro atoms. The summed E-state index contributed by atoms with van der Waals surface area (Å²) in [5.74, 6) is -1.27. The highest BCUT2D eigenvalue weighted by atomic mass is 35.5. The van der Waals surface area contributed by atoms with Crippen LogP contribution in [0, 0.1) is 18.8 Å². The van der Waals surface area contributed by atoms with E-state index in [0.717, 1.165) is 11.3 Å². The number of anilines is 1. The van der Waals surface area contributed by atoms with E-state index >= 15 is 0 Å². The van der Waals surface area contributed by atoms with Crippen LogP contribution < -0.4 is 10.6 Å². The van der Waals surface area contributed by atoms with Crippen molar-refractivity contribution in [3.05, 3.63) is 28.3 Å². The number of aryl methyl sites for hydroxylation is 1. The topological polar surface area (TPSA) is 78.5 Å². The first kappa shape index (κ1) is 20.7. The van der Waals surface area contributed by atoms with Crippen LogP contribution in [0.2, 0.25) is 5.02 Å². The van der Waals surface area contributed by atoms with Gasteiger partial charge in [-0.2, -0.15) is 11.8 Å². The van der Waals surface area contributed by atoms with Crippen LogP contribution in [-0.2, 0) is 19.9 Å². The van der Waals surface area contributed by atoms with Crippen molar-refractivity contribution in [3.63, 3.8) is 0 Å². The van der Waals surface area contributed by atoms with Gasteiger partial charge in [0.25, 0.3) is 0 Å². The largest absolute Gasteiger partial charge is 0.324 e. The molecule has 0 radical (unpaired) electrons. The summed E-state index contributed by atoms with van der Waals surface area (Å²) in [4.78, 5) is 41.8. The molecule has 0 bridgehead atoms. The van der Waals surface area contributed by atoms with Crippen LogP contribution in [0.3, 0.4) is 0 Å². The lowest BCUT2D eigenvalue weighted by Gasteiger charge is -2.34. The third kappa shape index (κ3) is 2.77. The summed E-state index contributed by atoms with van der Waals surface area (Å²) >= 11 is 8.02. The van der Waals surface area contributed by atoms with Gasteiger partial charge in [0.2, 0.25) is 17.7 Å². The number of nitrogens with one attached hydrogen (secondary N) is 2. The fraction of sp³-hybridized carbons (Fsp3) is 0.571. The third-order valence-electron chi connectivity index (χ3n) is 6.29. The zero-order valence-corrected chi connectivity index (χ0v) is 18.8. The van der Waals surface area contributed by atoms with E-state index in [9.17, 15) is 14.4 Å². The monoisotopic (exact) mass is 435 g/mol. The highest BCUT2D eigenvalue weighted by molar-refractivity contribution is 7.98. The maximum Gasteiger partial charge on any atom is 0.250 e. The van der Waals surface area contributed by atoms with Gasteiger partial charge in [-0.15, -0.1) is 0 Å². The average molecular weight is 436 g/mol. The zero-order chi connectivity index (χ0) is 21.3. The van der Waals surface area contributed by atoms with Crippen LogP contribution in [0.25, 0.3) is 0 Å². The van der Waals surface area contributed by atoms with Crippen molar-refractivity contribution in [1.29, 1.82) is 0 Å². The van der Waals surface area contributed by atoms with Gasteiger partial charge in [-0.3, -0.25) is 24.6 Å². The molecule has 2 saturated heterocycles. The van der Waals surface area contributed by atoms with Crippen molar-refractivity contribution in [3.8, 4) is 0 Å². The second-order valence-corrected chi connectivity index (χ2v) is 10.5. The second kappa shape index (κ2) is 6.72. The first-order valence-electron chi connectivity index (χ1n) is 9.80. The number of carbonyl (C=O) groups is 3. The van der Waals surface area contributed by atoms with Gasteiger partial charge in [0.1, 0.15) is 5.54 Å². The van der Waals surface area contributed by atoms with Crippen molar-refractivity contribution in [2.75, 3.05) is 17.3 Å². The van der Waals surface area contributed by atoms with Gasteiger partial charge in [0.15, 0.2) is 0 Å². The molecule has 156 valence electrons. The zero-order valence-electron chi connectivity index (χ0n) is 17.3. The Balaban J connectivity index is 1.91. The van der Waals surface area contributed by atoms with Crippen LogP contribution >= 0.6 is 23.4 Å². The van der Waals surface area contributed by atoms with Gasteiger partial charge in [-0.1, -0.05) is 11.6 Å². The van der Waals surface area contributed by atoms with Crippen LogP contribution in [0.4, 0.5) is 5.69 Å². The maximum atomic E-state index is 13.6. The SMILES string of the molecule is CSCCC1NC2(C(=O)Nc3c(C)cc(Cl)cc32)C2C(=O)N(C(C)(C)C)C(=O)C12. The van der Waals surface area contributed by atoms with E-state index in [-0.39, 0.29) is 23.8 Å². The number of likely N-dealkylation sites (tertiary alicyclic amines) is 1. The minimum Gasteiger partial charge on any atom is -0.324 e. The standard InChI is InChI=1S/C21H26ClN3O3S/c1-10-8-11(22)9-12-16(10)23-19(28)21(12)15-14(13(24-21)6-7-29-5)17(26)25(18(15)27)20(2,3)4/h8-9,13-15,24H,6-7H2,1-5H3,(H,23,28). The van der Waals surface area contributed by atoms with Gasteiger partial charge in [0.05, 0.1) is 11.8 Å². The molecule has 2 N–H and O–H groups in total. The number of carbonyl (C=O) groups excluding carboxylic acids is 3. The smallest absolute Gasteiger partial charge is 0.250 e. The maximum absolute atomic E-state index is 13.6. The Kier molecular flexibility index (Phi) is 4.80. The molecule has 4 unspecified atom stereocenters. The normalized spacial score (nSPS) is 30.9. The number of nitrogens with zero attached hydrogens (tertiary/aromatic N) is 1. The van der Waals surface area contributed by atoms with Gasteiger partial charge < -0.3 is 5.32 Å². The Morgan fingerprint density at radius 2 is 1.90 bits per heavy atom. The number of thioether (sulfide) groups is 1. The minimum atomic E-state index is -1.27. The molecule has 2 fully saturated rings. The van der Waals surface area contributed by atoms with E-state index in [0.29, 0.717) is 22.7 Å². The molecule has 3 amide bonds. The number of amides is 3. The molecule has 0 saturated carbocycles. The van der Waals surface area contributed by atoms with Crippen molar-refractivity contribution in [1.82, 2.24) is 10.2 Å². The molecule has 4 rings (SSSR count). The lowest BCUT2D eigenvalue weighted by Crippen LogP contribution is -2.55. The number of halogens is 1. The molecule has 3 heterocycles. The molecular weight excluding hydrogens is 410 g/mol. The van der Waals surface area contributed by atoms with Crippen molar-refractivity contribution < 1.29 is 14.4 Å². The van der Waals surface area contributed by atoms with Crippen LogP contribution in [0.1, 0.15) is 38.3 Å². The Bertz CT molecular complexity index is 928. The van der Waals surface area contributed by atoms with Gasteiger partial charge >= 0.3 is 0 Å². The molecule has 3 aliphatic heterocycles. The molecule has 0 aliphatic carbocycles. The summed E-state index contributed by atoms with van der Waals surface area (Å²) in [6.07, 6.45) is 2.70. The highest BCUT2D eigenvalue weighted by Crippen LogP contribution is 2.55. The quantitative estimate of drug-likeness (QED) is 0.714. The second-order valence-electron chi connectivity index (χ2n) is 9.13. The van der Waals surface area contributed by atoms with Crippen LogP contribution in [0.5, 0.6) is 0 Å². The summed E-state index contributed by atoms with van der Waals surface area (Å²) in [6.45, 7) is 7.43. The fourth-order valence-corrected chi connectivity index (χ4v) is 5.95. The summed E-state index contributed by atoms with van der Waals surface area (Å²) in [5.41, 5.74) is 0.280. The Hall–Kier alpha value is -1.57. The van der Waals surface area contributed by atoms with Crippen molar-refractivity contribution in [2.24, 2.45) is 11.8 Å². The summed E-state index contributed by atoms with van der Waals surface area (Å²) < 4.78 is 0. The number of hydrogen-bond acceptors (Lipinski definition) is 5. The predicted molar refractivity (Wildman–Crippen MR) is 115 cm³/mol. The Morgan fingerprint density at radius 1 is 1.21 bits per heavy atom. The number of rotatable bonds is 3. The first-order chi connectivity index (χ1) is 13.5. The molecule has 1 aromatic carbocycles. The number of imide groups is 1. The molecule has 1 aromatic rings. The number of benzene rings is 1. The molecular formula is C21H26ClN3O3S. The van der Waals surface area contributed by atoms with Crippen LogP contribution in [0.15, 0.2) is 12.1 Å². The molecule has 3 aliphatic rings. The third-order valence-corrected chi connectivity index (χ3v) is 7.15. The fourth-order valence-electron chi connectivity index (χ4n) is 5.19. The lowest BCUT2D eigenvalue weighted by molar-refractivity contribution is -0.147. The number of fused-ring (bicyclic) bond motifs is 4. The Morgan fingerprint density at radius 3 is 2.52 bits per heavy atom. The van der Waals surface area contributed by atoms with E-state index in [1.807, 2.05) is 34.0 Å². The molecule has 8 heteroatoms. The summed E-state index contributed by atoms with van der Waals surface area (Å²) in [6, 6.07) is 3.29. The van der Waals surface area contributed by atoms with Crippen LogP contribution in [-0.4, -0.2) is 46.2 Å². The molecule has 6 nitrogen and oxygen atoms in total. The molecule has 29 heavy (non-hydrogen) atoms. The summed E-state index contributed by atoms with van der Waals surface area (Å²) in [5, 5.41) is 6.91. The van der Waals surface area contributed by atoms with E-state index in [4.69, 9.17) is 11.6 Å². The van der Waals surface area contributed by atoms with Crippen molar-refractivity contribution in [2.45, 2.75) is 51.2 Å². The summed E-state index contributed by atoms with van der Waals surface area (Å²) in [7, 11) is 0.